The van der Waals surface area contributed by atoms with Crippen molar-refractivity contribution in [2.75, 3.05) is 26.3 Å². The van der Waals surface area contributed by atoms with Gasteiger partial charge in [-0.25, -0.2) is 13.6 Å². The largest absolute Gasteiger partial charge is 0.481 e. The topological polar surface area (TPSA) is 87.7 Å². The molecule has 0 heterocycles. The Morgan fingerprint density at radius 3 is 2.30 bits per heavy atom. The average molecular weight is 296 g/mol. The molecule has 0 spiro atoms. The van der Waals surface area contributed by atoms with Gasteiger partial charge in [-0.1, -0.05) is 13.8 Å². The van der Waals surface area contributed by atoms with Gasteiger partial charge in [0, 0.05) is 13.1 Å². The van der Waals surface area contributed by atoms with Gasteiger partial charge < -0.3 is 20.5 Å². The fraction of sp³-hybridized carbons (Fsp3) is 0.833. The van der Waals surface area contributed by atoms with Crippen LogP contribution < -0.4 is 10.6 Å². The number of carbonyl (C=O) groups is 2. The molecule has 6 nitrogen and oxygen atoms in total. The lowest BCUT2D eigenvalue weighted by atomic mass is 9.82. The molecule has 3 N–H and O–H groups in total. The van der Waals surface area contributed by atoms with Crippen molar-refractivity contribution in [2.24, 2.45) is 5.41 Å². The number of urea groups is 1. The highest BCUT2D eigenvalue weighted by Crippen LogP contribution is 2.25. The molecule has 118 valence electrons. The summed E-state index contributed by atoms with van der Waals surface area (Å²) in [7, 11) is 0. The Kier molecular flexibility index (Phi) is 8.78. The molecule has 0 aromatic rings. The first-order chi connectivity index (χ1) is 9.38. The fourth-order valence-corrected chi connectivity index (χ4v) is 1.60. The number of hydrogen-bond acceptors (Lipinski definition) is 3. The van der Waals surface area contributed by atoms with E-state index in [9.17, 15) is 23.5 Å². The molecular weight excluding hydrogens is 274 g/mol. The van der Waals surface area contributed by atoms with E-state index in [-0.39, 0.29) is 19.7 Å². The number of carboxylic acids is 1. The molecular formula is C12H22F2N2O4. The highest BCUT2D eigenvalue weighted by molar-refractivity contribution is 5.78. The van der Waals surface area contributed by atoms with E-state index in [1.54, 1.807) is 13.8 Å². The maximum absolute atomic E-state index is 11.7. The number of hydrogen-bond donors (Lipinski definition) is 3. The molecule has 8 heteroatoms. The second kappa shape index (κ2) is 9.46. The maximum atomic E-state index is 11.7. The summed E-state index contributed by atoms with van der Waals surface area (Å²) in [6, 6.07) is -0.543. The molecule has 0 aliphatic carbocycles. The first-order valence-corrected chi connectivity index (χ1v) is 6.49. The number of alkyl halides is 2. The third kappa shape index (κ3) is 6.65. The van der Waals surface area contributed by atoms with Gasteiger partial charge in [-0.05, 0) is 12.8 Å². The highest BCUT2D eigenvalue weighted by Gasteiger charge is 2.35. The summed E-state index contributed by atoms with van der Waals surface area (Å²) in [5, 5.41) is 14.0. The number of halogens is 2. The van der Waals surface area contributed by atoms with Crippen LogP contribution in [-0.4, -0.2) is 49.8 Å². The lowest BCUT2D eigenvalue weighted by Crippen LogP contribution is -2.46. The zero-order chi connectivity index (χ0) is 15.6. The normalized spacial score (nSPS) is 11.4. The summed E-state index contributed by atoms with van der Waals surface area (Å²) in [6.45, 7) is 2.89. The lowest BCUT2D eigenvalue weighted by molar-refractivity contribution is -0.149. The molecule has 0 fully saturated rings. The zero-order valence-corrected chi connectivity index (χ0v) is 11.7. The standard InChI is InChI=1S/C12H22F2N2O4/c1-3-12(4-2,10(17)18)8-16-11(19)15-5-6-20-7-9(13)14/h9H,3-8H2,1-2H3,(H,17,18)(H2,15,16,19). The minimum Gasteiger partial charge on any atom is -0.481 e. The Labute approximate surface area is 116 Å². The smallest absolute Gasteiger partial charge is 0.314 e. The Morgan fingerprint density at radius 1 is 1.25 bits per heavy atom. The van der Waals surface area contributed by atoms with Crippen LogP contribution in [0.5, 0.6) is 0 Å². The first kappa shape index (κ1) is 18.6. The Bertz CT molecular complexity index is 310. The van der Waals surface area contributed by atoms with Gasteiger partial charge in [0.2, 0.25) is 0 Å². The van der Waals surface area contributed by atoms with Crippen molar-refractivity contribution in [3.8, 4) is 0 Å². The molecule has 0 saturated carbocycles. The molecule has 0 aliphatic heterocycles. The maximum Gasteiger partial charge on any atom is 0.314 e. The van der Waals surface area contributed by atoms with Gasteiger partial charge in [0.15, 0.2) is 0 Å². The minimum atomic E-state index is -2.53. The lowest BCUT2D eigenvalue weighted by Gasteiger charge is -2.26. The fourth-order valence-electron chi connectivity index (χ4n) is 1.60. The molecule has 0 radical (unpaired) electrons. The van der Waals surface area contributed by atoms with Crippen molar-refractivity contribution in [3.63, 3.8) is 0 Å². The number of ether oxygens (including phenoxy) is 1. The number of rotatable bonds is 10. The van der Waals surface area contributed by atoms with Crippen molar-refractivity contribution < 1.29 is 28.2 Å². The minimum absolute atomic E-state index is 0.0130. The Balaban J connectivity index is 3.94. The summed E-state index contributed by atoms with van der Waals surface area (Å²) in [4.78, 5) is 22.6. The van der Waals surface area contributed by atoms with E-state index in [1.165, 1.54) is 0 Å². The van der Waals surface area contributed by atoms with Crippen LogP contribution in [-0.2, 0) is 9.53 Å². The number of carboxylic acid groups (broad SMARTS) is 1. The molecule has 0 aliphatic rings. The number of aliphatic carboxylic acids is 1. The number of carbonyl (C=O) groups excluding carboxylic acids is 1. The molecule has 0 unspecified atom stereocenters. The summed E-state index contributed by atoms with van der Waals surface area (Å²) in [6.07, 6.45) is -1.73. The summed E-state index contributed by atoms with van der Waals surface area (Å²) < 4.78 is 28.1. The van der Waals surface area contributed by atoms with Gasteiger partial charge in [-0.3, -0.25) is 4.79 Å². The molecule has 0 rings (SSSR count). The predicted octanol–water partition coefficient (Wildman–Crippen LogP) is 1.46. The molecule has 0 saturated heterocycles. The van der Waals surface area contributed by atoms with E-state index < -0.39 is 30.4 Å². The first-order valence-electron chi connectivity index (χ1n) is 6.49. The summed E-state index contributed by atoms with van der Waals surface area (Å²) in [5.74, 6) is -0.955. The quantitative estimate of drug-likeness (QED) is 0.533. The number of amides is 2. The summed E-state index contributed by atoms with van der Waals surface area (Å²) in [5.41, 5.74) is -0.983. The van der Waals surface area contributed by atoms with Crippen LogP contribution in [0, 0.1) is 5.41 Å². The van der Waals surface area contributed by atoms with Gasteiger partial charge in [-0.15, -0.1) is 0 Å². The second-order valence-corrected chi connectivity index (χ2v) is 4.37. The van der Waals surface area contributed by atoms with E-state index in [0.29, 0.717) is 12.8 Å². The van der Waals surface area contributed by atoms with E-state index in [4.69, 9.17) is 0 Å². The van der Waals surface area contributed by atoms with Gasteiger partial charge in [0.25, 0.3) is 6.43 Å². The van der Waals surface area contributed by atoms with Crippen molar-refractivity contribution in [2.45, 2.75) is 33.1 Å². The van der Waals surface area contributed by atoms with Crippen LogP contribution in [0.2, 0.25) is 0 Å². The van der Waals surface area contributed by atoms with E-state index in [0.717, 1.165) is 0 Å². The Morgan fingerprint density at radius 2 is 1.85 bits per heavy atom. The van der Waals surface area contributed by atoms with Crippen LogP contribution in [0.25, 0.3) is 0 Å². The van der Waals surface area contributed by atoms with E-state index in [2.05, 4.69) is 15.4 Å². The van der Waals surface area contributed by atoms with E-state index >= 15 is 0 Å². The SMILES string of the molecule is CCC(CC)(CNC(=O)NCCOCC(F)F)C(=O)O. The van der Waals surface area contributed by atoms with Gasteiger partial charge >= 0.3 is 12.0 Å². The van der Waals surface area contributed by atoms with E-state index in [1.807, 2.05) is 0 Å². The van der Waals surface area contributed by atoms with Crippen LogP contribution >= 0.6 is 0 Å². The monoisotopic (exact) mass is 296 g/mol. The second-order valence-electron chi connectivity index (χ2n) is 4.37. The van der Waals surface area contributed by atoms with Crippen LogP contribution in [0.4, 0.5) is 13.6 Å². The zero-order valence-electron chi connectivity index (χ0n) is 11.7. The van der Waals surface area contributed by atoms with Crippen molar-refractivity contribution >= 4 is 12.0 Å². The van der Waals surface area contributed by atoms with Crippen LogP contribution in [0.3, 0.4) is 0 Å². The number of nitrogens with one attached hydrogen (secondary N) is 2. The third-order valence-electron chi connectivity index (χ3n) is 3.17. The molecule has 0 bridgehead atoms. The predicted molar refractivity (Wildman–Crippen MR) is 68.9 cm³/mol. The van der Waals surface area contributed by atoms with Gasteiger partial charge in [0.05, 0.1) is 12.0 Å². The average Bonchev–Trinajstić information content (AvgIpc) is 2.39. The van der Waals surface area contributed by atoms with Crippen molar-refractivity contribution in [1.82, 2.24) is 10.6 Å². The van der Waals surface area contributed by atoms with Crippen molar-refractivity contribution in [3.05, 3.63) is 0 Å². The third-order valence-corrected chi connectivity index (χ3v) is 3.17. The molecule has 0 atom stereocenters. The summed E-state index contributed by atoms with van der Waals surface area (Å²) >= 11 is 0. The van der Waals surface area contributed by atoms with Gasteiger partial charge in [-0.2, -0.15) is 0 Å². The molecule has 0 aromatic carbocycles. The highest BCUT2D eigenvalue weighted by atomic mass is 19.3. The molecule has 20 heavy (non-hydrogen) atoms. The van der Waals surface area contributed by atoms with Crippen LogP contribution in [0.15, 0.2) is 0 Å². The van der Waals surface area contributed by atoms with Gasteiger partial charge in [0.1, 0.15) is 6.61 Å². The molecule has 0 aromatic heterocycles. The van der Waals surface area contributed by atoms with Crippen molar-refractivity contribution in [1.29, 1.82) is 0 Å². The van der Waals surface area contributed by atoms with Crippen LogP contribution in [0.1, 0.15) is 26.7 Å². The molecule has 2 amide bonds. The Hall–Kier alpha value is -1.44.